The Kier molecular flexibility index (Phi) is 4.23. The largest absolute Gasteiger partial charge is 0.619 e. The molecule has 0 spiro atoms. The molecule has 1 saturated carbocycles. The number of ether oxygens (including phenoxy) is 1. The van der Waals surface area contributed by atoms with Crippen LogP contribution >= 0.6 is 0 Å². The molecular formula is C18H21N5O2. The summed E-state index contributed by atoms with van der Waals surface area (Å²) in [4.78, 5) is 4.40. The maximum absolute atomic E-state index is 11.2. The summed E-state index contributed by atoms with van der Waals surface area (Å²) in [7, 11) is 1.78. The van der Waals surface area contributed by atoms with Gasteiger partial charge in [-0.1, -0.05) is 0 Å². The third-order valence-electron chi connectivity index (χ3n) is 4.82. The van der Waals surface area contributed by atoms with Crippen LogP contribution in [0, 0.1) is 5.21 Å². The van der Waals surface area contributed by atoms with E-state index in [4.69, 9.17) is 9.84 Å². The quantitative estimate of drug-likeness (QED) is 0.583. The van der Waals surface area contributed by atoms with Gasteiger partial charge in [0.25, 0.3) is 0 Å². The van der Waals surface area contributed by atoms with E-state index < -0.39 is 0 Å². The summed E-state index contributed by atoms with van der Waals surface area (Å²) < 4.78 is 8.01. The van der Waals surface area contributed by atoms with Gasteiger partial charge in [-0.2, -0.15) is 4.73 Å². The fraction of sp³-hybridized carbons (Fsp3) is 0.389. The average molecular weight is 339 g/mol. The Bertz CT molecular complexity index is 854. The van der Waals surface area contributed by atoms with E-state index in [1.54, 1.807) is 25.4 Å². The van der Waals surface area contributed by atoms with Crippen LogP contribution in [-0.4, -0.2) is 33.9 Å². The van der Waals surface area contributed by atoms with Gasteiger partial charge in [0.15, 0.2) is 18.0 Å². The van der Waals surface area contributed by atoms with Crippen molar-refractivity contribution in [3.05, 3.63) is 48.1 Å². The molecule has 0 aromatic carbocycles. The first-order valence-corrected chi connectivity index (χ1v) is 8.56. The van der Waals surface area contributed by atoms with Crippen LogP contribution in [0.4, 0.5) is 5.82 Å². The van der Waals surface area contributed by atoms with E-state index in [0.29, 0.717) is 12.1 Å². The van der Waals surface area contributed by atoms with E-state index >= 15 is 0 Å². The van der Waals surface area contributed by atoms with Gasteiger partial charge in [-0.3, -0.25) is 0 Å². The van der Waals surface area contributed by atoms with E-state index in [9.17, 15) is 5.21 Å². The minimum Gasteiger partial charge on any atom is -0.619 e. The number of imidazole rings is 1. The van der Waals surface area contributed by atoms with Gasteiger partial charge in [0.05, 0.1) is 18.0 Å². The van der Waals surface area contributed by atoms with Gasteiger partial charge in [0.2, 0.25) is 0 Å². The number of fused-ring (bicyclic) bond motifs is 1. The summed E-state index contributed by atoms with van der Waals surface area (Å²) in [5.74, 6) is 0.836. The molecule has 3 heterocycles. The van der Waals surface area contributed by atoms with Gasteiger partial charge >= 0.3 is 0 Å². The summed E-state index contributed by atoms with van der Waals surface area (Å²) >= 11 is 0. The minimum atomic E-state index is 0.385. The van der Waals surface area contributed by atoms with Gasteiger partial charge in [-0.25, -0.2) is 9.50 Å². The van der Waals surface area contributed by atoms with Crippen LogP contribution in [-0.2, 0) is 4.74 Å². The number of aromatic nitrogens is 4. The van der Waals surface area contributed by atoms with Crippen LogP contribution in [0.1, 0.15) is 25.7 Å². The number of methoxy groups -OCH3 is 1. The molecule has 130 valence electrons. The van der Waals surface area contributed by atoms with E-state index in [2.05, 4.69) is 10.3 Å². The molecular weight excluding hydrogens is 318 g/mol. The fourth-order valence-corrected chi connectivity index (χ4v) is 3.38. The van der Waals surface area contributed by atoms with E-state index in [0.717, 1.165) is 53.1 Å². The molecule has 1 fully saturated rings. The van der Waals surface area contributed by atoms with Crippen LogP contribution in [0.25, 0.3) is 16.9 Å². The molecule has 0 unspecified atom stereocenters. The topological polar surface area (TPSA) is 78.4 Å². The molecule has 0 bridgehead atoms. The van der Waals surface area contributed by atoms with Crippen LogP contribution in [0.15, 0.2) is 42.9 Å². The summed E-state index contributed by atoms with van der Waals surface area (Å²) in [5, 5.41) is 19.5. The first-order chi connectivity index (χ1) is 12.2. The molecule has 1 aliphatic rings. The lowest BCUT2D eigenvalue weighted by Crippen LogP contribution is -2.29. The Labute approximate surface area is 145 Å². The summed E-state index contributed by atoms with van der Waals surface area (Å²) in [6.07, 6.45) is 9.43. The van der Waals surface area contributed by atoms with Crippen LogP contribution in [0.3, 0.4) is 0 Å². The standard InChI is InChI=1S/C18H21N5O2/c1-25-15-4-2-14(3-5-15)20-17-6-7-18-19-12-16(23(18)21-17)13-8-10-22(24)11-9-13/h6-12,14-15H,2-5H2,1H3,(H,20,21)/t14-,15-. The van der Waals surface area contributed by atoms with Crippen molar-refractivity contribution in [2.45, 2.75) is 37.8 Å². The fourth-order valence-electron chi connectivity index (χ4n) is 3.38. The van der Waals surface area contributed by atoms with Gasteiger partial charge in [-0.15, -0.1) is 5.10 Å². The van der Waals surface area contributed by atoms with E-state index in [1.807, 2.05) is 16.6 Å². The molecule has 1 N–H and O–H groups in total. The van der Waals surface area contributed by atoms with Crippen LogP contribution in [0.5, 0.6) is 0 Å². The normalized spacial score (nSPS) is 20.7. The first kappa shape index (κ1) is 15.8. The van der Waals surface area contributed by atoms with Gasteiger partial charge in [0, 0.05) is 30.8 Å². The van der Waals surface area contributed by atoms with Crippen molar-refractivity contribution >= 4 is 11.5 Å². The summed E-state index contributed by atoms with van der Waals surface area (Å²) in [6, 6.07) is 7.87. The summed E-state index contributed by atoms with van der Waals surface area (Å²) in [6.45, 7) is 0. The zero-order valence-electron chi connectivity index (χ0n) is 14.1. The molecule has 0 amide bonds. The molecule has 0 atom stereocenters. The molecule has 1 aliphatic carbocycles. The smallest absolute Gasteiger partial charge is 0.181 e. The Morgan fingerprint density at radius 2 is 1.92 bits per heavy atom. The van der Waals surface area contributed by atoms with Gasteiger partial charge in [-0.05, 0) is 37.8 Å². The monoisotopic (exact) mass is 339 g/mol. The first-order valence-electron chi connectivity index (χ1n) is 8.56. The lowest BCUT2D eigenvalue weighted by Gasteiger charge is -2.28. The third-order valence-corrected chi connectivity index (χ3v) is 4.82. The highest BCUT2D eigenvalue weighted by Gasteiger charge is 2.21. The SMILES string of the molecule is CO[C@H]1CC[C@H](Nc2ccc3ncc(-c4cc[n+]([O-])cc4)n3n2)CC1. The van der Waals surface area contributed by atoms with E-state index in [-0.39, 0.29) is 0 Å². The number of anilines is 1. The number of nitrogens with zero attached hydrogens (tertiary/aromatic N) is 4. The highest BCUT2D eigenvalue weighted by molar-refractivity contribution is 5.62. The number of hydrogen-bond donors (Lipinski definition) is 1. The van der Waals surface area contributed by atoms with E-state index in [1.165, 1.54) is 12.4 Å². The lowest BCUT2D eigenvalue weighted by atomic mass is 9.93. The molecule has 25 heavy (non-hydrogen) atoms. The van der Waals surface area contributed by atoms with Gasteiger partial charge < -0.3 is 15.3 Å². The lowest BCUT2D eigenvalue weighted by molar-refractivity contribution is -0.605. The molecule has 4 rings (SSSR count). The molecule has 3 aromatic rings. The Morgan fingerprint density at radius 3 is 2.64 bits per heavy atom. The van der Waals surface area contributed by atoms with Crippen LogP contribution in [0.2, 0.25) is 0 Å². The van der Waals surface area contributed by atoms with Crippen molar-refractivity contribution in [2.75, 3.05) is 12.4 Å². The molecule has 0 saturated heterocycles. The highest BCUT2D eigenvalue weighted by atomic mass is 16.5. The second kappa shape index (κ2) is 6.68. The number of hydrogen-bond acceptors (Lipinski definition) is 5. The molecule has 7 nitrogen and oxygen atoms in total. The van der Waals surface area contributed by atoms with Gasteiger partial charge in [0.1, 0.15) is 5.82 Å². The molecule has 3 aromatic heterocycles. The number of rotatable bonds is 4. The second-order valence-corrected chi connectivity index (χ2v) is 6.43. The van der Waals surface area contributed by atoms with Crippen molar-refractivity contribution in [2.24, 2.45) is 0 Å². The van der Waals surface area contributed by atoms with Crippen LogP contribution < -0.4 is 10.0 Å². The maximum Gasteiger partial charge on any atom is 0.181 e. The highest BCUT2D eigenvalue weighted by Crippen LogP contribution is 2.24. The van der Waals surface area contributed by atoms with Crippen molar-refractivity contribution in [3.63, 3.8) is 0 Å². The number of nitrogens with one attached hydrogen (secondary N) is 1. The van der Waals surface area contributed by atoms with Crippen molar-refractivity contribution in [1.29, 1.82) is 0 Å². The maximum atomic E-state index is 11.2. The molecule has 0 aliphatic heterocycles. The van der Waals surface area contributed by atoms with Crippen molar-refractivity contribution < 1.29 is 9.47 Å². The Morgan fingerprint density at radius 1 is 1.16 bits per heavy atom. The second-order valence-electron chi connectivity index (χ2n) is 6.43. The minimum absolute atomic E-state index is 0.385. The average Bonchev–Trinajstić information content (AvgIpc) is 3.06. The van der Waals surface area contributed by atoms with Crippen molar-refractivity contribution in [1.82, 2.24) is 14.6 Å². The van der Waals surface area contributed by atoms with Crippen molar-refractivity contribution in [3.8, 4) is 11.3 Å². The zero-order valence-corrected chi connectivity index (χ0v) is 14.1. The number of pyridine rings is 1. The predicted octanol–water partition coefficient (Wildman–Crippen LogP) is 2.40. The molecule has 0 radical (unpaired) electrons. The third kappa shape index (κ3) is 3.28. The summed E-state index contributed by atoms with van der Waals surface area (Å²) in [5.41, 5.74) is 2.55. The predicted molar refractivity (Wildman–Crippen MR) is 94.1 cm³/mol. The molecule has 7 heteroatoms. The Hall–Kier alpha value is -2.67. The Balaban J connectivity index is 1.57. The zero-order chi connectivity index (χ0) is 17.2.